The van der Waals surface area contributed by atoms with Crippen molar-refractivity contribution in [3.8, 4) is 5.75 Å². The predicted molar refractivity (Wildman–Crippen MR) is 73.5 cm³/mol. The van der Waals surface area contributed by atoms with E-state index in [1.807, 2.05) is 0 Å². The van der Waals surface area contributed by atoms with Crippen LogP contribution in [0.1, 0.15) is 5.56 Å². The third kappa shape index (κ3) is 3.35. The lowest BCUT2D eigenvalue weighted by atomic mass is 10.2. The summed E-state index contributed by atoms with van der Waals surface area (Å²) in [7, 11) is 0. The van der Waals surface area contributed by atoms with E-state index in [0.29, 0.717) is 17.1 Å². The van der Waals surface area contributed by atoms with E-state index in [1.54, 1.807) is 24.3 Å². The summed E-state index contributed by atoms with van der Waals surface area (Å²) in [6, 6.07) is 10.8. The molecule has 6 heteroatoms. The lowest BCUT2D eigenvalue weighted by Gasteiger charge is -2.08. The Bertz CT molecular complexity index is 599. The number of hydrogen-bond acceptors (Lipinski definition) is 4. The van der Waals surface area contributed by atoms with E-state index in [2.05, 4.69) is 5.32 Å². The van der Waals surface area contributed by atoms with Gasteiger partial charge in [0.15, 0.2) is 0 Å². The first-order valence-electron chi connectivity index (χ1n) is 5.52. The molecule has 2 rings (SSSR count). The van der Waals surface area contributed by atoms with Crippen LogP contribution in [0.2, 0.25) is 5.02 Å². The number of phenolic OH excluding ortho intramolecular Hbond substituents is 1. The molecule has 0 aliphatic rings. The van der Waals surface area contributed by atoms with Crippen molar-refractivity contribution in [2.24, 2.45) is 0 Å². The molecule has 0 unspecified atom stereocenters. The van der Waals surface area contributed by atoms with Crippen molar-refractivity contribution in [3.05, 3.63) is 63.2 Å². The van der Waals surface area contributed by atoms with Gasteiger partial charge >= 0.3 is 0 Å². The number of hydrogen-bond donors (Lipinski definition) is 2. The molecule has 2 aromatic carbocycles. The van der Waals surface area contributed by atoms with Crippen molar-refractivity contribution >= 4 is 23.0 Å². The Morgan fingerprint density at radius 3 is 2.53 bits per heavy atom. The molecule has 0 atom stereocenters. The second-order valence-corrected chi connectivity index (χ2v) is 4.34. The van der Waals surface area contributed by atoms with Crippen molar-refractivity contribution < 1.29 is 10.0 Å². The van der Waals surface area contributed by atoms with Crippen molar-refractivity contribution in [3.63, 3.8) is 0 Å². The third-order valence-electron chi connectivity index (χ3n) is 2.59. The molecule has 0 spiro atoms. The quantitative estimate of drug-likeness (QED) is 0.509. The van der Waals surface area contributed by atoms with Crippen LogP contribution in [0.15, 0.2) is 42.5 Å². The highest BCUT2D eigenvalue weighted by Gasteiger charge is 2.09. The molecule has 0 saturated heterocycles. The molecule has 19 heavy (non-hydrogen) atoms. The van der Waals surface area contributed by atoms with Gasteiger partial charge in [-0.2, -0.15) is 0 Å². The van der Waals surface area contributed by atoms with Crippen LogP contribution in [0.25, 0.3) is 0 Å². The number of rotatable bonds is 4. The number of aromatic hydroxyl groups is 1. The Hall–Kier alpha value is -2.27. The number of non-ortho nitro benzene ring substituents is 1. The summed E-state index contributed by atoms with van der Waals surface area (Å²) in [5.41, 5.74) is 1.44. The first kappa shape index (κ1) is 13.2. The van der Waals surface area contributed by atoms with Gasteiger partial charge in [-0.15, -0.1) is 0 Å². The van der Waals surface area contributed by atoms with Gasteiger partial charge in [0, 0.05) is 29.4 Å². The number of halogens is 1. The minimum absolute atomic E-state index is 0.00639. The molecule has 2 aromatic rings. The number of nitrogens with zero attached hydrogens (tertiary/aromatic N) is 1. The summed E-state index contributed by atoms with van der Waals surface area (Å²) >= 11 is 5.99. The Kier molecular flexibility index (Phi) is 3.87. The molecule has 5 nitrogen and oxygen atoms in total. The summed E-state index contributed by atoms with van der Waals surface area (Å²) < 4.78 is 0. The number of benzene rings is 2. The average Bonchev–Trinajstić information content (AvgIpc) is 2.39. The Balaban J connectivity index is 2.12. The molecule has 2 N–H and O–H groups in total. The number of anilines is 1. The van der Waals surface area contributed by atoms with Gasteiger partial charge in [0.25, 0.3) is 5.69 Å². The summed E-state index contributed by atoms with van der Waals surface area (Å²) in [6.45, 7) is 0.366. The van der Waals surface area contributed by atoms with Crippen LogP contribution in [0.3, 0.4) is 0 Å². The van der Waals surface area contributed by atoms with E-state index in [9.17, 15) is 10.1 Å². The average molecular weight is 279 g/mol. The Labute approximate surface area is 114 Å². The number of nitro groups is 1. The molecule has 0 radical (unpaired) electrons. The fraction of sp³-hybridized carbons (Fsp3) is 0.0769. The van der Waals surface area contributed by atoms with Crippen LogP contribution >= 0.6 is 11.6 Å². The molecular formula is C13H11ClN2O3. The zero-order chi connectivity index (χ0) is 13.8. The van der Waals surface area contributed by atoms with Crippen LogP contribution in [0.5, 0.6) is 5.75 Å². The monoisotopic (exact) mass is 278 g/mol. The Morgan fingerprint density at radius 1 is 1.21 bits per heavy atom. The maximum atomic E-state index is 10.7. The van der Waals surface area contributed by atoms with E-state index in [4.69, 9.17) is 16.7 Å². The molecule has 0 fully saturated rings. The summed E-state index contributed by atoms with van der Waals surface area (Å²) in [4.78, 5) is 10.2. The van der Waals surface area contributed by atoms with Gasteiger partial charge in [0.05, 0.1) is 4.92 Å². The van der Waals surface area contributed by atoms with Gasteiger partial charge in [-0.25, -0.2) is 0 Å². The predicted octanol–water partition coefficient (Wildman–Crippen LogP) is 3.57. The highest BCUT2D eigenvalue weighted by molar-refractivity contribution is 6.31. The molecular weight excluding hydrogens is 268 g/mol. The van der Waals surface area contributed by atoms with Gasteiger partial charge < -0.3 is 10.4 Å². The molecule has 0 heterocycles. The fourth-order valence-electron chi connectivity index (χ4n) is 1.59. The van der Waals surface area contributed by atoms with Crippen LogP contribution in [-0.4, -0.2) is 10.0 Å². The standard InChI is InChI=1S/C13H11ClN2O3/c14-13-6-3-11(16(18)19)7-9(13)8-15-10-1-4-12(17)5-2-10/h1-7,15,17H,8H2. The van der Waals surface area contributed by atoms with Crippen molar-refractivity contribution in [1.82, 2.24) is 0 Å². The normalized spacial score (nSPS) is 10.2. The molecule has 0 aliphatic carbocycles. The summed E-state index contributed by atoms with van der Waals surface area (Å²) in [6.07, 6.45) is 0. The van der Waals surface area contributed by atoms with Crippen LogP contribution < -0.4 is 5.32 Å². The second-order valence-electron chi connectivity index (χ2n) is 3.93. The van der Waals surface area contributed by atoms with Gasteiger partial charge in [-0.3, -0.25) is 10.1 Å². The van der Waals surface area contributed by atoms with Gasteiger partial charge in [0.1, 0.15) is 5.75 Å². The highest BCUT2D eigenvalue weighted by atomic mass is 35.5. The minimum Gasteiger partial charge on any atom is -0.508 e. The minimum atomic E-state index is -0.458. The van der Waals surface area contributed by atoms with E-state index in [-0.39, 0.29) is 11.4 Å². The van der Waals surface area contributed by atoms with Crippen LogP contribution in [-0.2, 0) is 6.54 Å². The molecule has 98 valence electrons. The molecule has 0 saturated carbocycles. The highest BCUT2D eigenvalue weighted by Crippen LogP contribution is 2.23. The van der Waals surface area contributed by atoms with Crippen LogP contribution in [0, 0.1) is 10.1 Å². The third-order valence-corrected chi connectivity index (χ3v) is 2.96. The molecule has 0 aromatic heterocycles. The van der Waals surface area contributed by atoms with E-state index < -0.39 is 4.92 Å². The topological polar surface area (TPSA) is 75.4 Å². The second kappa shape index (κ2) is 5.58. The number of nitrogens with one attached hydrogen (secondary N) is 1. The van der Waals surface area contributed by atoms with Crippen molar-refractivity contribution in [1.29, 1.82) is 0 Å². The molecule has 0 bridgehead atoms. The first-order chi connectivity index (χ1) is 9.06. The van der Waals surface area contributed by atoms with E-state index in [1.165, 1.54) is 18.2 Å². The van der Waals surface area contributed by atoms with Gasteiger partial charge in [0.2, 0.25) is 0 Å². The fourth-order valence-corrected chi connectivity index (χ4v) is 1.77. The smallest absolute Gasteiger partial charge is 0.269 e. The molecule has 0 amide bonds. The number of phenols is 1. The first-order valence-corrected chi connectivity index (χ1v) is 5.90. The van der Waals surface area contributed by atoms with Crippen LogP contribution in [0.4, 0.5) is 11.4 Å². The summed E-state index contributed by atoms with van der Waals surface area (Å²) in [5, 5.41) is 23.4. The maximum absolute atomic E-state index is 10.7. The zero-order valence-corrected chi connectivity index (χ0v) is 10.6. The zero-order valence-electron chi connectivity index (χ0n) is 9.84. The SMILES string of the molecule is O=[N+]([O-])c1ccc(Cl)c(CNc2ccc(O)cc2)c1. The molecule has 0 aliphatic heterocycles. The maximum Gasteiger partial charge on any atom is 0.269 e. The lowest BCUT2D eigenvalue weighted by Crippen LogP contribution is -2.00. The lowest BCUT2D eigenvalue weighted by molar-refractivity contribution is -0.384. The Morgan fingerprint density at radius 2 is 1.89 bits per heavy atom. The summed E-state index contributed by atoms with van der Waals surface area (Å²) in [5.74, 6) is 0.180. The van der Waals surface area contributed by atoms with E-state index >= 15 is 0 Å². The largest absolute Gasteiger partial charge is 0.508 e. The van der Waals surface area contributed by atoms with Crippen molar-refractivity contribution in [2.45, 2.75) is 6.54 Å². The van der Waals surface area contributed by atoms with Gasteiger partial charge in [-0.05, 0) is 35.9 Å². The van der Waals surface area contributed by atoms with Gasteiger partial charge in [-0.1, -0.05) is 11.6 Å². The number of nitro benzene ring substituents is 1. The van der Waals surface area contributed by atoms with E-state index in [0.717, 1.165) is 5.69 Å². The van der Waals surface area contributed by atoms with Crippen molar-refractivity contribution in [2.75, 3.05) is 5.32 Å².